The lowest BCUT2D eigenvalue weighted by Gasteiger charge is -2.19. The number of aromatic hydroxyl groups is 1. The molecule has 0 saturated carbocycles. The van der Waals surface area contributed by atoms with E-state index in [2.05, 4.69) is 50.2 Å². The van der Waals surface area contributed by atoms with E-state index in [-0.39, 0.29) is 18.6 Å². The Balaban J connectivity index is 2.04. The van der Waals surface area contributed by atoms with Crippen LogP contribution in [-0.2, 0) is 25.7 Å². The van der Waals surface area contributed by atoms with Gasteiger partial charge in [0.15, 0.2) is 0 Å². The number of aryl methyl sites for hydroxylation is 4. The number of nitrogens with zero attached hydrogens (tertiary/aromatic N) is 1. The Hall–Kier alpha value is -2.13. The van der Waals surface area contributed by atoms with Crippen LogP contribution in [0.1, 0.15) is 48.6 Å². The molecule has 2 aromatic carbocycles. The summed E-state index contributed by atoms with van der Waals surface area (Å²) < 4.78 is 0. The molecule has 0 fully saturated rings. The fourth-order valence-electron chi connectivity index (χ4n) is 3.63. The van der Waals surface area contributed by atoms with Crippen LogP contribution < -0.4 is 0 Å². The summed E-state index contributed by atoms with van der Waals surface area (Å²) in [6.45, 7) is 6.10. The SMILES string of the molecule is CC(=N[C@H](CO)C(C)C)c1c2ccc(c1O)CCc1ccc(cc1)CC2. The Labute approximate surface area is 156 Å². The lowest BCUT2D eigenvalue weighted by Crippen LogP contribution is -2.20. The fourth-order valence-corrected chi connectivity index (χ4v) is 3.63. The van der Waals surface area contributed by atoms with Gasteiger partial charge in [-0.2, -0.15) is 0 Å². The first-order valence-electron chi connectivity index (χ1n) is 9.56. The zero-order valence-electron chi connectivity index (χ0n) is 16.0. The standard InChI is InChI=1S/C23H29NO2/c1-15(2)21(14-25)24-16(3)22-19-10-8-17-4-6-18(7-5-17)9-11-20(13-12-19)23(22)26/h4-7,12-13,15,21,25-26H,8-11,14H2,1-3H3/t21-/m1/s1. The number of hydrogen-bond donors (Lipinski definition) is 2. The first kappa shape index (κ1) is 18.7. The molecular formula is C23H29NO2. The molecule has 0 aromatic heterocycles. The quantitative estimate of drug-likeness (QED) is 0.815. The molecule has 3 nitrogen and oxygen atoms in total. The van der Waals surface area contributed by atoms with Gasteiger partial charge in [-0.1, -0.05) is 50.2 Å². The van der Waals surface area contributed by atoms with Crippen molar-refractivity contribution in [3.05, 3.63) is 64.2 Å². The molecule has 138 valence electrons. The first-order chi connectivity index (χ1) is 12.5. The molecule has 0 unspecified atom stereocenters. The predicted molar refractivity (Wildman–Crippen MR) is 107 cm³/mol. The van der Waals surface area contributed by atoms with Gasteiger partial charge in [0.05, 0.1) is 12.6 Å². The van der Waals surface area contributed by atoms with E-state index in [0.717, 1.165) is 48.1 Å². The second kappa shape index (κ2) is 8.05. The zero-order chi connectivity index (χ0) is 18.7. The van der Waals surface area contributed by atoms with Crippen molar-refractivity contribution in [2.75, 3.05) is 6.61 Å². The Morgan fingerprint density at radius 2 is 1.46 bits per heavy atom. The van der Waals surface area contributed by atoms with E-state index in [0.29, 0.717) is 5.75 Å². The van der Waals surface area contributed by atoms with E-state index in [1.54, 1.807) is 0 Å². The number of rotatable bonds is 4. The highest BCUT2D eigenvalue weighted by Crippen LogP contribution is 2.30. The highest BCUT2D eigenvalue weighted by atomic mass is 16.3. The van der Waals surface area contributed by atoms with E-state index in [4.69, 9.17) is 4.99 Å². The maximum atomic E-state index is 11.0. The summed E-state index contributed by atoms with van der Waals surface area (Å²) in [4.78, 5) is 4.74. The van der Waals surface area contributed by atoms with Crippen molar-refractivity contribution in [1.29, 1.82) is 0 Å². The highest BCUT2D eigenvalue weighted by Gasteiger charge is 2.18. The van der Waals surface area contributed by atoms with Gasteiger partial charge in [-0.3, -0.25) is 4.99 Å². The number of hydrogen-bond acceptors (Lipinski definition) is 3. The van der Waals surface area contributed by atoms with Crippen LogP contribution in [0.5, 0.6) is 5.75 Å². The number of aliphatic hydroxyl groups is 1. The summed E-state index contributed by atoms with van der Waals surface area (Å²) in [7, 11) is 0. The van der Waals surface area contributed by atoms with Gasteiger partial charge in [0, 0.05) is 11.3 Å². The van der Waals surface area contributed by atoms with Crippen molar-refractivity contribution in [2.45, 2.75) is 52.5 Å². The van der Waals surface area contributed by atoms with Crippen LogP contribution in [0.15, 0.2) is 41.4 Å². The maximum absolute atomic E-state index is 11.0. The Kier molecular flexibility index (Phi) is 5.77. The smallest absolute Gasteiger partial charge is 0.128 e. The summed E-state index contributed by atoms with van der Waals surface area (Å²) in [6.07, 6.45) is 3.52. The topological polar surface area (TPSA) is 52.8 Å². The fraction of sp³-hybridized carbons (Fsp3) is 0.435. The first-order valence-corrected chi connectivity index (χ1v) is 9.56. The Morgan fingerprint density at radius 1 is 0.923 bits per heavy atom. The predicted octanol–water partition coefficient (Wildman–Crippen LogP) is 4.10. The lowest BCUT2D eigenvalue weighted by molar-refractivity contribution is 0.240. The normalized spacial score (nSPS) is 15.8. The van der Waals surface area contributed by atoms with Crippen LogP contribution in [0, 0.1) is 5.92 Å². The summed E-state index contributed by atoms with van der Waals surface area (Å²) in [5, 5.41) is 20.6. The molecule has 4 aliphatic rings. The van der Waals surface area contributed by atoms with Crippen LogP contribution in [0.4, 0.5) is 0 Å². The van der Waals surface area contributed by atoms with E-state index in [9.17, 15) is 10.2 Å². The summed E-state index contributed by atoms with van der Waals surface area (Å²) in [5.41, 5.74) is 6.37. The van der Waals surface area contributed by atoms with Crippen LogP contribution >= 0.6 is 0 Å². The molecule has 0 amide bonds. The van der Waals surface area contributed by atoms with Crippen molar-refractivity contribution in [2.24, 2.45) is 10.9 Å². The molecule has 1 atom stereocenters. The van der Waals surface area contributed by atoms with Crippen molar-refractivity contribution < 1.29 is 10.2 Å². The molecule has 2 aromatic rings. The molecule has 6 rings (SSSR count). The van der Waals surface area contributed by atoms with Gasteiger partial charge >= 0.3 is 0 Å². The van der Waals surface area contributed by atoms with Crippen LogP contribution in [0.2, 0.25) is 0 Å². The third kappa shape index (κ3) is 3.99. The number of phenolic OH excluding ortho intramolecular Hbond substituents is 1. The van der Waals surface area contributed by atoms with E-state index >= 15 is 0 Å². The highest BCUT2D eigenvalue weighted by molar-refractivity contribution is 6.03. The molecule has 4 bridgehead atoms. The minimum atomic E-state index is -0.142. The Morgan fingerprint density at radius 3 is 2.00 bits per heavy atom. The maximum Gasteiger partial charge on any atom is 0.128 e. The van der Waals surface area contributed by atoms with Crippen LogP contribution in [0.3, 0.4) is 0 Å². The van der Waals surface area contributed by atoms with Gasteiger partial charge in [0.2, 0.25) is 0 Å². The van der Waals surface area contributed by atoms with Gasteiger partial charge in [0.1, 0.15) is 5.75 Å². The molecule has 0 spiro atoms. The van der Waals surface area contributed by atoms with Gasteiger partial charge in [-0.25, -0.2) is 0 Å². The average molecular weight is 351 g/mol. The van der Waals surface area contributed by atoms with Crippen LogP contribution in [0.25, 0.3) is 0 Å². The van der Waals surface area contributed by atoms with E-state index < -0.39 is 0 Å². The number of benzene rings is 2. The van der Waals surface area contributed by atoms with Crippen molar-refractivity contribution >= 4 is 5.71 Å². The van der Waals surface area contributed by atoms with Crippen LogP contribution in [-0.4, -0.2) is 28.6 Å². The Bertz CT molecular complexity index is 791. The molecule has 26 heavy (non-hydrogen) atoms. The molecule has 2 N–H and O–H groups in total. The van der Waals surface area contributed by atoms with Gasteiger partial charge in [0.25, 0.3) is 0 Å². The second-order valence-electron chi connectivity index (χ2n) is 7.63. The molecule has 0 radical (unpaired) electrons. The van der Waals surface area contributed by atoms with Gasteiger partial charge < -0.3 is 10.2 Å². The monoisotopic (exact) mass is 351 g/mol. The zero-order valence-corrected chi connectivity index (χ0v) is 16.0. The molecule has 4 aliphatic carbocycles. The molecule has 0 saturated heterocycles. The largest absolute Gasteiger partial charge is 0.507 e. The average Bonchev–Trinajstić information content (AvgIpc) is 2.62. The molecule has 3 heteroatoms. The number of aliphatic hydroxyl groups excluding tert-OH is 1. The minimum Gasteiger partial charge on any atom is -0.507 e. The molecule has 0 heterocycles. The number of phenols is 1. The van der Waals surface area contributed by atoms with Crippen molar-refractivity contribution in [3.8, 4) is 5.75 Å². The van der Waals surface area contributed by atoms with E-state index in [1.807, 2.05) is 6.92 Å². The van der Waals surface area contributed by atoms with Gasteiger partial charge in [-0.15, -0.1) is 0 Å². The molecule has 0 aliphatic heterocycles. The van der Waals surface area contributed by atoms with Crippen molar-refractivity contribution in [1.82, 2.24) is 0 Å². The molecular weight excluding hydrogens is 322 g/mol. The summed E-state index contributed by atoms with van der Waals surface area (Å²) >= 11 is 0. The summed E-state index contributed by atoms with van der Waals surface area (Å²) in [6, 6.07) is 12.9. The minimum absolute atomic E-state index is 0.0244. The number of aliphatic imine (C=N–C) groups is 1. The third-order valence-electron chi connectivity index (χ3n) is 5.41. The van der Waals surface area contributed by atoms with Gasteiger partial charge in [-0.05, 0) is 60.8 Å². The second-order valence-corrected chi connectivity index (χ2v) is 7.63. The van der Waals surface area contributed by atoms with Crippen molar-refractivity contribution in [3.63, 3.8) is 0 Å². The lowest BCUT2D eigenvalue weighted by atomic mass is 9.90. The summed E-state index contributed by atoms with van der Waals surface area (Å²) in [5.74, 6) is 0.617. The third-order valence-corrected chi connectivity index (χ3v) is 5.41. The van der Waals surface area contributed by atoms with E-state index in [1.165, 1.54) is 11.1 Å².